The summed E-state index contributed by atoms with van der Waals surface area (Å²) in [5, 5.41) is 3.52. The average molecular weight is 178 g/mol. The minimum atomic E-state index is 0.425. The molecule has 1 aromatic heterocycles. The molecule has 68 valence electrons. The highest BCUT2D eigenvalue weighted by Crippen LogP contribution is 2.00. The third-order valence-corrected chi connectivity index (χ3v) is 1.18. The van der Waals surface area contributed by atoms with Crippen LogP contribution in [0.2, 0.25) is 0 Å². The minimum Gasteiger partial charge on any atom is -0.384 e. The summed E-state index contributed by atoms with van der Waals surface area (Å²) in [5.41, 5.74) is 6.11. The van der Waals surface area contributed by atoms with E-state index >= 15 is 0 Å². The van der Waals surface area contributed by atoms with E-state index in [2.05, 4.69) is 15.1 Å². The Bertz CT molecular complexity index is 322. The Kier molecular flexibility index (Phi) is 3.44. The first-order valence-electron chi connectivity index (χ1n) is 3.71. The summed E-state index contributed by atoms with van der Waals surface area (Å²) in [6.07, 6.45) is 5.99. The molecule has 5 heteroatoms. The van der Waals surface area contributed by atoms with Gasteiger partial charge in [-0.1, -0.05) is 5.16 Å². The van der Waals surface area contributed by atoms with E-state index in [0.29, 0.717) is 11.5 Å². The quantitative estimate of drug-likeness (QED) is 0.426. The lowest BCUT2D eigenvalue weighted by Gasteiger charge is -1.92. The molecule has 2 N–H and O–H groups in total. The Morgan fingerprint density at radius 1 is 1.54 bits per heavy atom. The molecule has 1 rings (SSSR count). The molecule has 0 unspecified atom stereocenters. The van der Waals surface area contributed by atoms with E-state index in [9.17, 15) is 0 Å². The fraction of sp³-hybridized carbons (Fsp3) is 0.125. The zero-order valence-electron chi connectivity index (χ0n) is 7.21. The highest BCUT2D eigenvalue weighted by molar-refractivity contribution is 5.52. The second-order valence-electron chi connectivity index (χ2n) is 2.14. The topological polar surface area (TPSA) is 73.4 Å². The van der Waals surface area contributed by atoms with Crippen molar-refractivity contribution >= 4 is 18.1 Å². The summed E-state index contributed by atoms with van der Waals surface area (Å²) < 4.78 is 0. The van der Waals surface area contributed by atoms with Gasteiger partial charge < -0.3 is 10.6 Å². The van der Waals surface area contributed by atoms with Gasteiger partial charge in [-0.25, -0.2) is 9.97 Å². The molecular weight excluding hydrogens is 168 g/mol. The Morgan fingerprint density at radius 2 is 2.38 bits per heavy atom. The third kappa shape index (κ3) is 3.33. The zero-order chi connectivity index (χ0) is 9.52. The van der Waals surface area contributed by atoms with Crippen LogP contribution in [-0.4, -0.2) is 16.2 Å². The molecule has 0 amide bonds. The van der Waals surface area contributed by atoms with E-state index in [4.69, 9.17) is 10.6 Å². The minimum absolute atomic E-state index is 0.425. The molecule has 0 fully saturated rings. The highest BCUT2D eigenvalue weighted by atomic mass is 16.6. The first-order valence-corrected chi connectivity index (χ1v) is 3.71. The van der Waals surface area contributed by atoms with Crippen molar-refractivity contribution in [1.82, 2.24) is 9.97 Å². The molecular formula is C8H10N4O. The van der Waals surface area contributed by atoms with Crippen LogP contribution in [0.15, 0.2) is 23.8 Å². The predicted molar refractivity (Wildman–Crippen MR) is 50.7 cm³/mol. The summed E-state index contributed by atoms with van der Waals surface area (Å²) in [4.78, 5) is 12.4. The predicted octanol–water partition coefficient (Wildman–Crippen LogP) is 1.05. The van der Waals surface area contributed by atoms with Crippen LogP contribution in [0.25, 0.3) is 6.08 Å². The molecule has 1 heterocycles. The van der Waals surface area contributed by atoms with Gasteiger partial charge in [-0.2, -0.15) is 0 Å². The highest BCUT2D eigenvalue weighted by Gasteiger charge is 1.89. The first kappa shape index (κ1) is 9.18. The van der Waals surface area contributed by atoms with Crippen molar-refractivity contribution in [3.8, 4) is 0 Å². The number of rotatable bonds is 3. The Balaban J connectivity index is 2.58. The standard InChI is InChI=1S/C8H10N4O/c1-2-12-13-4-3-7-5-8(9)11-6-10-7/h2-6H,1H3,(H2,9,10,11)/b4-3+,12-2+. The van der Waals surface area contributed by atoms with Crippen LogP contribution in [0.5, 0.6) is 0 Å². The summed E-state index contributed by atoms with van der Waals surface area (Å²) >= 11 is 0. The van der Waals surface area contributed by atoms with Gasteiger partial charge in [-0.3, -0.25) is 0 Å². The van der Waals surface area contributed by atoms with Crippen molar-refractivity contribution < 1.29 is 4.84 Å². The Morgan fingerprint density at radius 3 is 3.08 bits per heavy atom. The van der Waals surface area contributed by atoms with Gasteiger partial charge in [-0.15, -0.1) is 0 Å². The first-order chi connectivity index (χ1) is 6.33. The van der Waals surface area contributed by atoms with Crippen LogP contribution < -0.4 is 5.73 Å². The largest absolute Gasteiger partial charge is 0.384 e. The lowest BCUT2D eigenvalue weighted by molar-refractivity contribution is 0.273. The molecule has 0 atom stereocenters. The number of nitrogens with two attached hydrogens (primary N) is 1. The molecule has 0 bridgehead atoms. The van der Waals surface area contributed by atoms with Crippen LogP contribution in [0.4, 0.5) is 5.82 Å². The van der Waals surface area contributed by atoms with Crippen LogP contribution in [0, 0.1) is 0 Å². The molecule has 0 radical (unpaired) electrons. The number of nitrogen functional groups attached to an aromatic ring is 1. The van der Waals surface area contributed by atoms with Gasteiger partial charge in [0.25, 0.3) is 0 Å². The molecule has 5 nitrogen and oxygen atoms in total. The molecule has 0 aliphatic carbocycles. The van der Waals surface area contributed by atoms with E-state index in [1.807, 2.05) is 0 Å². The van der Waals surface area contributed by atoms with E-state index in [1.165, 1.54) is 12.6 Å². The van der Waals surface area contributed by atoms with Gasteiger partial charge in [-0.05, 0) is 6.92 Å². The SMILES string of the molecule is C/C=N/O/C=C/c1cc(N)ncn1. The van der Waals surface area contributed by atoms with Gasteiger partial charge in [0.05, 0.1) is 5.69 Å². The molecule has 0 aliphatic heterocycles. The second kappa shape index (κ2) is 4.87. The average Bonchev–Trinajstić information content (AvgIpc) is 2.13. The summed E-state index contributed by atoms with van der Waals surface area (Å²) in [6.45, 7) is 1.76. The molecule has 0 aliphatic rings. The number of hydrogen-bond donors (Lipinski definition) is 1. The fourth-order valence-electron chi connectivity index (χ4n) is 0.676. The van der Waals surface area contributed by atoms with Gasteiger partial charge in [0.15, 0.2) is 0 Å². The van der Waals surface area contributed by atoms with E-state index < -0.39 is 0 Å². The van der Waals surface area contributed by atoms with Crippen molar-refractivity contribution in [1.29, 1.82) is 0 Å². The zero-order valence-corrected chi connectivity index (χ0v) is 7.21. The molecule has 0 aromatic carbocycles. The monoisotopic (exact) mass is 178 g/mol. The maximum absolute atomic E-state index is 5.43. The molecule has 0 saturated carbocycles. The number of anilines is 1. The summed E-state index contributed by atoms with van der Waals surface area (Å²) in [6, 6.07) is 1.63. The number of aromatic nitrogens is 2. The number of oxime groups is 1. The van der Waals surface area contributed by atoms with Gasteiger partial charge in [0, 0.05) is 18.4 Å². The van der Waals surface area contributed by atoms with Crippen molar-refractivity contribution in [2.75, 3.05) is 5.73 Å². The van der Waals surface area contributed by atoms with E-state index in [0.717, 1.165) is 0 Å². The maximum Gasteiger partial charge on any atom is 0.127 e. The van der Waals surface area contributed by atoms with Crippen molar-refractivity contribution in [3.05, 3.63) is 24.3 Å². The lowest BCUT2D eigenvalue weighted by Crippen LogP contribution is -1.91. The van der Waals surface area contributed by atoms with E-state index in [1.54, 1.807) is 25.3 Å². The number of nitrogens with zero attached hydrogens (tertiary/aromatic N) is 3. The fourth-order valence-corrected chi connectivity index (χ4v) is 0.676. The van der Waals surface area contributed by atoms with Gasteiger partial charge in [0.2, 0.25) is 0 Å². The molecule has 13 heavy (non-hydrogen) atoms. The Hall–Kier alpha value is -1.91. The lowest BCUT2D eigenvalue weighted by atomic mass is 10.4. The van der Waals surface area contributed by atoms with Crippen LogP contribution in [0.1, 0.15) is 12.6 Å². The maximum atomic E-state index is 5.43. The van der Waals surface area contributed by atoms with Crippen LogP contribution in [-0.2, 0) is 4.84 Å². The van der Waals surface area contributed by atoms with Crippen molar-refractivity contribution in [2.45, 2.75) is 6.92 Å². The van der Waals surface area contributed by atoms with Gasteiger partial charge >= 0.3 is 0 Å². The van der Waals surface area contributed by atoms with Crippen molar-refractivity contribution in [2.24, 2.45) is 5.16 Å². The molecule has 1 aromatic rings. The second-order valence-corrected chi connectivity index (χ2v) is 2.14. The number of hydrogen-bond acceptors (Lipinski definition) is 5. The van der Waals surface area contributed by atoms with Crippen LogP contribution >= 0.6 is 0 Å². The molecule has 0 spiro atoms. The van der Waals surface area contributed by atoms with E-state index in [-0.39, 0.29) is 0 Å². The normalized spacial score (nSPS) is 11.2. The third-order valence-electron chi connectivity index (χ3n) is 1.18. The smallest absolute Gasteiger partial charge is 0.127 e. The van der Waals surface area contributed by atoms with Crippen LogP contribution in [0.3, 0.4) is 0 Å². The molecule has 0 saturated heterocycles. The summed E-state index contributed by atoms with van der Waals surface area (Å²) in [5.74, 6) is 0.425. The Labute approximate surface area is 75.9 Å². The van der Waals surface area contributed by atoms with Crippen molar-refractivity contribution in [3.63, 3.8) is 0 Å². The summed E-state index contributed by atoms with van der Waals surface area (Å²) in [7, 11) is 0. The van der Waals surface area contributed by atoms with Gasteiger partial charge in [0.1, 0.15) is 18.4 Å².